The van der Waals surface area contributed by atoms with Crippen molar-refractivity contribution in [2.45, 2.75) is 18.9 Å². The molecule has 0 amide bonds. The maximum absolute atomic E-state index is 5.86. The molecule has 0 aliphatic carbocycles. The van der Waals surface area contributed by atoms with Crippen molar-refractivity contribution in [3.63, 3.8) is 0 Å². The Bertz CT molecular complexity index is 794. The third-order valence-corrected chi connectivity index (χ3v) is 4.10. The van der Waals surface area contributed by atoms with E-state index in [2.05, 4.69) is 17.1 Å². The molecule has 0 fully saturated rings. The van der Waals surface area contributed by atoms with Crippen LogP contribution in [-0.2, 0) is 13.0 Å². The van der Waals surface area contributed by atoms with E-state index < -0.39 is 0 Å². The van der Waals surface area contributed by atoms with Gasteiger partial charge in [-0.25, -0.2) is 4.98 Å². The largest absolute Gasteiger partial charge is 0.493 e. The van der Waals surface area contributed by atoms with Gasteiger partial charge < -0.3 is 15.5 Å². The number of nitrogens with two attached hydrogens (primary N) is 1. The Labute approximate surface area is 123 Å². The molecule has 0 saturated carbocycles. The first-order valence-electron chi connectivity index (χ1n) is 7.23. The van der Waals surface area contributed by atoms with Crippen molar-refractivity contribution in [1.29, 1.82) is 0 Å². The number of benzene rings is 2. The fourth-order valence-corrected chi connectivity index (χ4v) is 2.97. The fraction of sp³-hybridized carbons (Fsp3) is 0.235. The number of hydrogen-bond acceptors (Lipinski definition) is 3. The zero-order valence-electron chi connectivity index (χ0n) is 11.7. The Hall–Kier alpha value is -2.33. The highest BCUT2D eigenvalue weighted by atomic mass is 16.5. The summed E-state index contributed by atoms with van der Waals surface area (Å²) in [5.74, 6) is 2.24. The molecule has 1 atom stereocenters. The van der Waals surface area contributed by atoms with Crippen molar-refractivity contribution in [1.82, 2.24) is 9.97 Å². The van der Waals surface area contributed by atoms with E-state index >= 15 is 0 Å². The average Bonchev–Trinajstić information content (AvgIpc) is 2.98. The highest BCUT2D eigenvalue weighted by molar-refractivity contribution is 5.78. The number of ether oxygens (including phenoxy) is 1. The number of hydrogen-bond donors (Lipinski definition) is 2. The predicted molar refractivity (Wildman–Crippen MR) is 82.4 cm³/mol. The number of imidazole rings is 1. The normalized spacial score (nSPS) is 17.5. The minimum atomic E-state index is 0.262. The zero-order valence-corrected chi connectivity index (χ0v) is 11.7. The monoisotopic (exact) mass is 279 g/mol. The van der Waals surface area contributed by atoms with E-state index in [1.165, 1.54) is 5.56 Å². The second-order valence-electron chi connectivity index (χ2n) is 5.46. The SMILES string of the molecule is NCc1cccc2[nH]c(C3COc4ccccc4C3)nc12. The van der Waals surface area contributed by atoms with Gasteiger partial charge in [-0.2, -0.15) is 0 Å². The third-order valence-electron chi connectivity index (χ3n) is 4.10. The van der Waals surface area contributed by atoms with Crippen LogP contribution in [0.4, 0.5) is 0 Å². The summed E-state index contributed by atoms with van der Waals surface area (Å²) in [4.78, 5) is 8.19. The number of aromatic nitrogens is 2. The van der Waals surface area contributed by atoms with Gasteiger partial charge in [0.15, 0.2) is 0 Å². The highest BCUT2D eigenvalue weighted by Gasteiger charge is 2.24. The summed E-state index contributed by atoms with van der Waals surface area (Å²) in [6, 6.07) is 14.3. The molecule has 0 radical (unpaired) electrons. The summed E-state index contributed by atoms with van der Waals surface area (Å²) in [5.41, 5.74) is 10.1. The molecule has 1 aromatic heterocycles. The van der Waals surface area contributed by atoms with E-state index in [-0.39, 0.29) is 5.92 Å². The molecule has 1 aliphatic heterocycles. The molecule has 21 heavy (non-hydrogen) atoms. The van der Waals surface area contributed by atoms with E-state index in [4.69, 9.17) is 15.5 Å². The first-order valence-corrected chi connectivity index (χ1v) is 7.23. The van der Waals surface area contributed by atoms with Gasteiger partial charge in [0.1, 0.15) is 11.6 Å². The Kier molecular flexibility index (Phi) is 2.89. The van der Waals surface area contributed by atoms with Gasteiger partial charge in [0.05, 0.1) is 23.6 Å². The van der Waals surface area contributed by atoms with Crippen LogP contribution in [0.25, 0.3) is 11.0 Å². The van der Waals surface area contributed by atoms with Gasteiger partial charge in [0.25, 0.3) is 0 Å². The second kappa shape index (κ2) is 4.90. The molecule has 106 valence electrons. The van der Waals surface area contributed by atoms with Crippen molar-refractivity contribution in [2.24, 2.45) is 5.73 Å². The third kappa shape index (κ3) is 2.08. The van der Waals surface area contributed by atoms with E-state index in [0.29, 0.717) is 13.2 Å². The van der Waals surface area contributed by atoms with Crippen LogP contribution in [0.2, 0.25) is 0 Å². The number of aromatic amines is 1. The van der Waals surface area contributed by atoms with Crippen LogP contribution >= 0.6 is 0 Å². The van der Waals surface area contributed by atoms with Crippen LogP contribution in [0.3, 0.4) is 0 Å². The van der Waals surface area contributed by atoms with Gasteiger partial charge in [-0.05, 0) is 29.7 Å². The number of rotatable bonds is 2. The standard InChI is InChI=1S/C17H17N3O/c18-9-12-5-3-6-14-16(12)20-17(19-14)13-8-11-4-1-2-7-15(11)21-10-13/h1-7,13H,8-10,18H2,(H,19,20). The Morgan fingerprint density at radius 3 is 3.00 bits per heavy atom. The van der Waals surface area contributed by atoms with Gasteiger partial charge in [-0.3, -0.25) is 0 Å². The smallest absolute Gasteiger partial charge is 0.122 e. The predicted octanol–water partition coefficient (Wildman–Crippen LogP) is 2.74. The maximum Gasteiger partial charge on any atom is 0.122 e. The molecule has 4 heteroatoms. The molecule has 4 nitrogen and oxygen atoms in total. The van der Waals surface area contributed by atoms with Crippen LogP contribution in [0.5, 0.6) is 5.75 Å². The van der Waals surface area contributed by atoms with E-state index in [1.54, 1.807) is 0 Å². The van der Waals surface area contributed by atoms with Gasteiger partial charge in [-0.15, -0.1) is 0 Å². The lowest BCUT2D eigenvalue weighted by Gasteiger charge is -2.23. The number of para-hydroxylation sites is 2. The van der Waals surface area contributed by atoms with Crippen LogP contribution in [0.1, 0.15) is 22.9 Å². The highest BCUT2D eigenvalue weighted by Crippen LogP contribution is 2.32. The summed E-state index contributed by atoms with van der Waals surface area (Å²) in [5, 5.41) is 0. The number of fused-ring (bicyclic) bond motifs is 2. The number of nitrogens with one attached hydrogen (secondary N) is 1. The molecule has 2 heterocycles. The van der Waals surface area contributed by atoms with Crippen LogP contribution in [-0.4, -0.2) is 16.6 Å². The minimum absolute atomic E-state index is 0.262. The van der Waals surface area contributed by atoms with Gasteiger partial charge in [0, 0.05) is 6.54 Å². The Morgan fingerprint density at radius 1 is 1.19 bits per heavy atom. The average molecular weight is 279 g/mol. The van der Waals surface area contributed by atoms with Gasteiger partial charge in [-0.1, -0.05) is 30.3 Å². The summed E-state index contributed by atoms with van der Waals surface area (Å²) in [7, 11) is 0. The molecule has 4 rings (SSSR count). The summed E-state index contributed by atoms with van der Waals surface area (Å²) < 4.78 is 5.86. The molecular formula is C17H17N3O. The minimum Gasteiger partial charge on any atom is -0.493 e. The lowest BCUT2D eigenvalue weighted by molar-refractivity contribution is 0.258. The molecule has 1 aliphatic rings. The topological polar surface area (TPSA) is 63.9 Å². The molecule has 2 aromatic carbocycles. The van der Waals surface area contributed by atoms with Crippen LogP contribution in [0.15, 0.2) is 42.5 Å². The first-order chi connectivity index (χ1) is 10.3. The summed E-state index contributed by atoms with van der Waals surface area (Å²) >= 11 is 0. The first kappa shape index (κ1) is 12.4. The van der Waals surface area contributed by atoms with E-state index in [0.717, 1.165) is 34.6 Å². The second-order valence-corrected chi connectivity index (χ2v) is 5.46. The van der Waals surface area contributed by atoms with Crippen molar-refractivity contribution < 1.29 is 4.74 Å². The zero-order chi connectivity index (χ0) is 14.2. The molecule has 0 bridgehead atoms. The Morgan fingerprint density at radius 2 is 2.10 bits per heavy atom. The van der Waals surface area contributed by atoms with Crippen LogP contribution < -0.4 is 10.5 Å². The van der Waals surface area contributed by atoms with E-state index in [9.17, 15) is 0 Å². The van der Waals surface area contributed by atoms with Crippen molar-refractivity contribution in [3.05, 3.63) is 59.4 Å². The van der Waals surface area contributed by atoms with Gasteiger partial charge in [0.2, 0.25) is 0 Å². The van der Waals surface area contributed by atoms with Crippen molar-refractivity contribution in [3.8, 4) is 5.75 Å². The Balaban J connectivity index is 1.72. The molecular weight excluding hydrogens is 262 g/mol. The lowest BCUT2D eigenvalue weighted by atomic mass is 9.96. The van der Waals surface area contributed by atoms with Crippen molar-refractivity contribution >= 4 is 11.0 Å². The van der Waals surface area contributed by atoms with E-state index in [1.807, 2.05) is 30.3 Å². The summed E-state index contributed by atoms with van der Waals surface area (Å²) in [6.45, 7) is 1.17. The molecule has 0 saturated heterocycles. The summed E-state index contributed by atoms with van der Waals surface area (Å²) in [6.07, 6.45) is 0.952. The number of H-pyrrole nitrogens is 1. The van der Waals surface area contributed by atoms with Crippen LogP contribution in [0, 0.1) is 0 Å². The molecule has 1 unspecified atom stereocenters. The quantitative estimate of drug-likeness (QED) is 0.758. The maximum atomic E-state index is 5.86. The van der Waals surface area contributed by atoms with Gasteiger partial charge >= 0.3 is 0 Å². The lowest BCUT2D eigenvalue weighted by Crippen LogP contribution is -2.20. The fourth-order valence-electron chi connectivity index (χ4n) is 2.97. The van der Waals surface area contributed by atoms with Crippen molar-refractivity contribution in [2.75, 3.05) is 6.61 Å². The number of nitrogens with zero attached hydrogens (tertiary/aromatic N) is 1. The molecule has 3 aromatic rings. The molecule has 0 spiro atoms. The molecule has 3 N–H and O–H groups in total.